The molecular formula is C40H42BBrF8O2S2. The first-order chi connectivity index (χ1) is 25.5. The summed E-state index contributed by atoms with van der Waals surface area (Å²) in [4.78, 5) is -1.23. The zero-order valence-electron chi connectivity index (χ0n) is 29.8. The fourth-order valence-corrected chi connectivity index (χ4v) is 8.43. The molecule has 2 aliphatic carbocycles. The largest absolute Gasteiger partial charge is 0.499 e. The van der Waals surface area contributed by atoms with E-state index in [9.17, 15) is 35.1 Å². The Kier molecular flexibility index (Phi) is 16.2. The van der Waals surface area contributed by atoms with E-state index in [1.165, 1.54) is 49.8 Å². The summed E-state index contributed by atoms with van der Waals surface area (Å²) in [6.45, 7) is 4.42. The summed E-state index contributed by atoms with van der Waals surface area (Å²) < 4.78 is 102. The van der Waals surface area contributed by atoms with Crippen LogP contribution in [-0.2, 0) is 12.4 Å². The molecule has 2 nitrogen and oxygen atoms in total. The van der Waals surface area contributed by atoms with Crippen LogP contribution in [0.1, 0.15) is 98.9 Å². The molecule has 0 fully saturated rings. The number of thiophene rings is 2. The minimum Gasteiger partial charge on any atom is -0.423 e. The molecule has 0 saturated heterocycles. The second kappa shape index (κ2) is 19.9. The van der Waals surface area contributed by atoms with E-state index in [0.29, 0.717) is 37.9 Å². The number of hydrogen-bond acceptors (Lipinski definition) is 4. The zero-order valence-corrected chi connectivity index (χ0v) is 33.1. The summed E-state index contributed by atoms with van der Waals surface area (Å²) in [6.07, 6.45) is 7.23. The van der Waals surface area contributed by atoms with E-state index in [2.05, 4.69) is 41.9 Å². The molecule has 6 rings (SSSR count). The smallest absolute Gasteiger partial charge is 0.423 e. The molecule has 2 heterocycles. The van der Waals surface area contributed by atoms with Crippen molar-refractivity contribution < 1.29 is 45.2 Å². The maximum atomic E-state index is 14.5. The average Bonchev–Trinajstić information content (AvgIpc) is 3.83. The fourth-order valence-electron chi connectivity index (χ4n) is 6.53. The predicted molar refractivity (Wildman–Crippen MR) is 208 cm³/mol. The lowest BCUT2D eigenvalue weighted by Crippen LogP contribution is -2.26. The molecule has 2 atom stereocenters. The van der Waals surface area contributed by atoms with Crippen LogP contribution >= 0.6 is 38.6 Å². The number of rotatable bonds is 8. The van der Waals surface area contributed by atoms with Crippen LogP contribution < -0.4 is 4.78 Å². The summed E-state index contributed by atoms with van der Waals surface area (Å²) >= 11 is 4.09. The molecular weight excluding hydrogens is 819 g/mol. The second-order valence-electron chi connectivity index (χ2n) is 13.4. The molecule has 2 unspecified atom stereocenters. The molecule has 14 heteroatoms. The van der Waals surface area contributed by atoms with Gasteiger partial charge in [-0.15, -0.1) is 22.7 Å². The normalized spacial score (nSPS) is 17.4. The number of hydrogen-bond donors (Lipinski definition) is 2. The maximum absolute atomic E-state index is 14.5. The van der Waals surface area contributed by atoms with Crippen molar-refractivity contribution in [2.24, 2.45) is 11.8 Å². The first-order valence-corrected chi connectivity index (χ1v) is 20.3. The minimum absolute atomic E-state index is 0.109. The molecule has 0 bridgehead atoms. The number of alkyl halides is 6. The lowest BCUT2D eigenvalue weighted by molar-refractivity contribution is -0.135. The third-order valence-corrected chi connectivity index (χ3v) is 12.4. The molecule has 0 radical (unpaired) electrons. The van der Waals surface area contributed by atoms with E-state index in [-0.39, 0.29) is 16.2 Å². The van der Waals surface area contributed by atoms with E-state index >= 15 is 0 Å². The van der Waals surface area contributed by atoms with Crippen molar-refractivity contribution in [3.63, 3.8) is 0 Å². The molecule has 0 saturated carbocycles. The van der Waals surface area contributed by atoms with Gasteiger partial charge in [-0.2, -0.15) is 26.3 Å². The van der Waals surface area contributed by atoms with E-state index in [1.54, 1.807) is 18.2 Å². The van der Waals surface area contributed by atoms with Crippen LogP contribution in [-0.4, -0.2) is 17.2 Å². The Labute approximate surface area is 327 Å². The standard InChI is InChI=1S/C20H20F4S.C15H18BrF.C5H4BF3O2S/c1-2-3-13-4-6-14(7-5-13)15-8-9-16(17(21)12-15)18-10-11-19(25-18)20(22,23)24;1-2-3-11-4-6-12(7-5-11)13-8-9-14(16)15(17)10-13;7-5(8,9)3-1-2-4(12-3)6(10)11/h6,8-13H,2-5,7H2,1H3;6,8-11H,2-5,7H2,1H3;1-2,10-11H. The maximum Gasteiger partial charge on any atom is 0.499 e. The topological polar surface area (TPSA) is 40.5 Å². The second-order valence-corrected chi connectivity index (χ2v) is 16.4. The van der Waals surface area contributed by atoms with Gasteiger partial charge in [-0.1, -0.05) is 75.9 Å². The number of benzene rings is 2. The van der Waals surface area contributed by atoms with Crippen LogP contribution in [0.5, 0.6) is 0 Å². The van der Waals surface area contributed by atoms with Crippen molar-refractivity contribution in [1.82, 2.24) is 0 Å². The molecule has 2 aromatic carbocycles. The van der Waals surface area contributed by atoms with E-state index in [4.69, 9.17) is 10.0 Å². The Morgan fingerprint density at radius 3 is 1.57 bits per heavy atom. The first kappa shape index (κ1) is 43.9. The van der Waals surface area contributed by atoms with Crippen molar-refractivity contribution >= 4 is 61.6 Å². The van der Waals surface area contributed by atoms with Crippen LogP contribution in [0.4, 0.5) is 35.1 Å². The summed E-state index contributed by atoms with van der Waals surface area (Å²) in [7, 11) is -1.83. The Morgan fingerprint density at radius 2 is 1.19 bits per heavy atom. The van der Waals surface area contributed by atoms with Crippen molar-refractivity contribution in [1.29, 1.82) is 0 Å². The molecule has 292 valence electrons. The van der Waals surface area contributed by atoms with Crippen molar-refractivity contribution in [2.75, 3.05) is 0 Å². The Bertz CT molecular complexity index is 1880. The van der Waals surface area contributed by atoms with Gasteiger partial charge in [0.1, 0.15) is 21.4 Å². The highest BCUT2D eigenvalue weighted by atomic mass is 79.9. The molecule has 2 N–H and O–H groups in total. The summed E-state index contributed by atoms with van der Waals surface area (Å²) in [6, 6.07) is 14.5. The van der Waals surface area contributed by atoms with Crippen molar-refractivity contribution in [2.45, 2.75) is 90.4 Å². The van der Waals surface area contributed by atoms with Gasteiger partial charge in [-0.05, 0) is 125 Å². The zero-order chi connectivity index (χ0) is 39.6. The van der Waals surface area contributed by atoms with Crippen LogP contribution in [0.3, 0.4) is 0 Å². The quantitative estimate of drug-likeness (QED) is 0.137. The molecule has 2 aromatic heterocycles. The Morgan fingerprint density at radius 1 is 0.685 bits per heavy atom. The lowest BCUT2D eigenvalue weighted by atomic mass is 9.84. The van der Waals surface area contributed by atoms with Gasteiger partial charge in [-0.25, -0.2) is 8.78 Å². The van der Waals surface area contributed by atoms with Gasteiger partial charge in [0.05, 0.1) is 4.47 Å². The van der Waals surface area contributed by atoms with E-state index < -0.39 is 35.0 Å². The van der Waals surface area contributed by atoms with Crippen LogP contribution in [0.2, 0.25) is 0 Å². The summed E-state index contributed by atoms with van der Waals surface area (Å²) in [5.74, 6) is 0.914. The van der Waals surface area contributed by atoms with E-state index in [0.717, 1.165) is 72.9 Å². The van der Waals surface area contributed by atoms with Gasteiger partial charge >= 0.3 is 19.5 Å². The molecule has 0 amide bonds. The summed E-state index contributed by atoms with van der Waals surface area (Å²) in [5, 5.41) is 17.0. The highest BCUT2D eigenvalue weighted by Gasteiger charge is 2.34. The molecule has 4 aromatic rings. The predicted octanol–water partition coefficient (Wildman–Crippen LogP) is 13.6. The Hall–Kier alpha value is -2.78. The van der Waals surface area contributed by atoms with Gasteiger partial charge in [-0.3, -0.25) is 0 Å². The average molecular weight is 862 g/mol. The molecule has 0 spiro atoms. The van der Waals surface area contributed by atoms with Gasteiger partial charge in [0.25, 0.3) is 0 Å². The molecule has 2 aliphatic rings. The third kappa shape index (κ3) is 12.6. The highest BCUT2D eigenvalue weighted by Crippen LogP contribution is 2.40. The fraction of sp³-hybridized carbons (Fsp3) is 0.400. The SMILES string of the molecule is CCCC1CC=C(c2ccc(-c3ccc(C(F)(F)F)s3)c(F)c2)CC1.CCCC1CC=C(c2ccc(Br)c(F)c2)CC1.OB(O)c1ccc(C(F)(F)F)s1. The van der Waals surface area contributed by atoms with Gasteiger partial charge in [0, 0.05) is 15.2 Å². The third-order valence-electron chi connectivity index (χ3n) is 9.37. The van der Waals surface area contributed by atoms with E-state index in [1.807, 2.05) is 12.1 Å². The lowest BCUT2D eigenvalue weighted by Gasteiger charge is -2.21. The minimum atomic E-state index is -4.40. The number of allylic oxidation sites excluding steroid dienone is 4. The van der Waals surface area contributed by atoms with Crippen molar-refractivity contribution in [3.05, 3.63) is 110 Å². The molecule has 54 heavy (non-hydrogen) atoms. The van der Waals surface area contributed by atoms with Crippen LogP contribution in [0, 0.1) is 23.5 Å². The first-order valence-electron chi connectivity index (χ1n) is 17.8. The van der Waals surface area contributed by atoms with Gasteiger partial charge in [0.15, 0.2) is 0 Å². The monoisotopic (exact) mass is 860 g/mol. The van der Waals surface area contributed by atoms with Crippen LogP contribution in [0.15, 0.2) is 77.3 Å². The van der Waals surface area contributed by atoms with Crippen molar-refractivity contribution in [3.8, 4) is 10.4 Å². The summed E-state index contributed by atoms with van der Waals surface area (Å²) in [5.41, 5.74) is 4.55. The molecule has 0 aliphatic heterocycles. The van der Waals surface area contributed by atoms with Gasteiger partial charge in [0.2, 0.25) is 0 Å². The Balaban J connectivity index is 0.000000194. The highest BCUT2D eigenvalue weighted by molar-refractivity contribution is 9.10. The number of halogens is 9. The van der Waals surface area contributed by atoms with Gasteiger partial charge < -0.3 is 10.0 Å². The van der Waals surface area contributed by atoms with Crippen LogP contribution in [0.25, 0.3) is 21.6 Å².